The van der Waals surface area contributed by atoms with Crippen LogP contribution in [0.2, 0.25) is 0 Å². The van der Waals surface area contributed by atoms with Crippen molar-refractivity contribution in [3.63, 3.8) is 0 Å². The van der Waals surface area contributed by atoms with E-state index in [1.54, 1.807) is 0 Å². The minimum atomic E-state index is -0.121. The van der Waals surface area contributed by atoms with Crippen LogP contribution in [0.25, 0.3) is 0 Å². The first-order chi connectivity index (χ1) is 14.9. The summed E-state index contributed by atoms with van der Waals surface area (Å²) in [5.41, 5.74) is 2.50. The van der Waals surface area contributed by atoms with Crippen molar-refractivity contribution in [3.05, 3.63) is 35.4 Å². The fourth-order valence-corrected chi connectivity index (χ4v) is 5.26. The third kappa shape index (κ3) is 5.10. The highest BCUT2D eigenvalue weighted by Gasteiger charge is 2.44. The van der Waals surface area contributed by atoms with Crippen molar-refractivity contribution >= 4 is 11.8 Å². The van der Waals surface area contributed by atoms with Gasteiger partial charge in [0.15, 0.2) is 0 Å². The Kier molecular flexibility index (Phi) is 6.94. The number of carbonyl (C=O) groups is 2. The molecule has 3 saturated heterocycles. The monoisotopic (exact) mass is 427 g/mol. The van der Waals surface area contributed by atoms with Gasteiger partial charge in [0.25, 0.3) is 0 Å². The predicted octanol–water partition coefficient (Wildman–Crippen LogP) is 0.922. The van der Waals surface area contributed by atoms with E-state index in [4.69, 9.17) is 0 Å². The van der Waals surface area contributed by atoms with Gasteiger partial charge in [0.05, 0.1) is 0 Å². The Morgan fingerprint density at radius 3 is 2.48 bits per heavy atom. The van der Waals surface area contributed by atoms with Gasteiger partial charge in [0, 0.05) is 64.3 Å². The van der Waals surface area contributed by atoms with Crippen molar-refractivity contribution < 1.29 is 9.59 Å². The van der Waals surface area contributed by atoms with Crippen LogP contribution in [0, 0.1) is 6.92 Å². The smallest absolute Gasteiger partial charge is 0.239 e. The summed E-state index contributed by atoms with van der Waals surface area (Å²) in [7, 11) is 4.24. The quantitative estimate of drug-likeness (QED) is 0.758. The first kappa shape index (κ1) is 22.2. The second-order valence-electron chi connectivity index (χ2n) is 9.54. The Hall–Kier alpha value is -1.96. The minimum absolute atomic E-state index is 0.121. The van der Waals surface area contributed by atoms with Gasteiger partial charge in [-0.25, -0.2) is 0 Å². The second kappa shape index (κ2) is 9.67. The van der Waals surface area contributed by atoms with Crippen molar-refractivity contribution in [2.75, 3.05) is 53.4 Å². The molecule has 0 radical (unpaired) electrons. The van der Waals surface area contributed by atoms with Crippen LogP contribution in [0.5, 0.6) is 0 Å². The number of aryl methyl sites for hydroxylation is 1. The summed E-state index contributed by atoms with van der Waals surface area (Å²) in [6, 6.07) is 8.88. The maximum atomic E-state index is 13.0. The lowest BCUT2D eigenvalue weighted by atomic mass is 10.0. The maximum absolute atomic E-state index is 13.0. The number of nitrogens with zero attached hydrogens (tertiary/aromatic N) is 4. The third-order valence-electron chi connectivity index (χ3n) is 7.40. The lowest BCUT2D eigenvalue weighted by Gasteiger charge is -2.35. The van der Waals surface area contributed by atoms with E-state index in [-0.39, 0.29) is 29.9 Å². The number of hydrogen-bond donors (Lipinski definition) is 1. The van der Waals surface area contributed by atoms with E-state index in [9.17, 15) is 9.59 Å². The number of rotatable bonds is 5. The van der Waals surface area contributed by atoms with Crippen LogP contribution in [0.1, 0.15) is 30.4 Å². The molecule has 7 heteroatoms. The number of fused-ring (bicyclic) bond motifs is 1. The van der Waals surface area contributed by atoms with Gasteiger partial charge < -0.3 is 15.1 Å². The molecule has 1 aromatic rings. The van der Waals surface area contributed by atoms with Crippen LogP contribution < -0.4 is 5.32 Å². The Balaban J connectivity index is 1.35. The highest BCUT2D eigenvalue weighted by atomic mass is 16.2. The zero-order chi connectivity index (χ0) is 22.0. The predicted molar refractivity (Wildman–Crippen MR) is 122 cm³/mol. The number of carbonyl (C=O) groups excluding carboxylic acids is 2. The molecule has 2 amide bonds. The van der Waals surface area contributed by atoms with Gasteiger partial charge in [0.1, 0.15) is 6.04 Å². The van der Waals surface area contributed by atoms with Crippen molar-refractivity contribution in [1.82, 2.24) is 24.9 Å². The topological polar surface area (TPSA) is 59.1 Å². The standard InChI is InChI=1S/C24H37N5O2/c1-18-4-6-19(7-5-18)17-29-11-10-21-23(29)24(31)25-16-20(27(21)3)8-9-22(30)28-14-12-26(2)13-15-28/h4-7,20-21,23H,8-17H2,1-3H3,(H,25,31)/t20-,21-,23-/m0/s1. The van der Waals surface area contributed by atoms with Crippen molar-refractivity contribution in [2.45, 2.75) is 50.9 Å². The molecule has 31 heavy (non-hydrogen) atoms. The molecule has 170 valence electrons. The van der Waals surface area contributed by atoms with E-state index in [0.717, 1.165) is 52.1 Å². The molecular weight excluding hydrogens is 390 g/mol. The molecule has 0 unspecified atom stereocenters. The summed E-state index contributed by atoms with van der Waals surface area (Å²) < 4.78 is 0. The fraction of sp³-hybridized carbons (Fsp3) is 0.667. The van der Waals surface area contributed by atoms with Crippen LogP contribution in [-0.4, -0.2) is 103 Å². The minimum Gasteiger partial charge on any atom is -0.353 e. The molecule has 1 N–H and O–H groups in total. The molecule has 0 aromatic heterocycles. The molecule has 3 fully saturated rings. The molecule has 0 aliphatic carbocycles. The van der Waals surface area contributed by atoms with Crippen LogP contribution in [0.15, 0.2) is 24.3 Å². The summed E-state index contributed by atoms with van der Waals surface area (Å²) in [5.74, 6) is 0.385. The fourth-order valence-electron chi connectivity index (χ4n) is 5.26. The molecular formula is C24H37N5O2. The van der Waals surface area contributed by atoms with E-state index < -0.39 is 0 Å². The van der Waals surface area contributed by atoms with Gasteiger partial charge in [0.2, 0.25) is 11.8 Å². The molecule has 7 nitrogen and oxygen atoms in total. The molecule has 0 saturated carbocycles. The highest BCUT2D eigenvalue weighted by molar-refractivity contribution is 5.83. The number of nitrogens with one attached hydrogen (secondary N) is 1. The molecule has 0 bridgehead atoms. The second-order valence-corrected chi connectivity index (χ2v) is 9.54. The van der Waals surface area contributed by atoms with Gasteiger partial charge in [-0.2, -0.15) is 0 Å². The average molecular weight is 428 g/mol. The Bertz CT molecular complexity index is 775. The molecule has 3 aliphatic rings. The lowest BCUT2D eigenvalue weighted by Crippen LogP contribution is -2.50. The lowest BCUT2D eigenvalue weighted by molar-refractivity contribution is -0.133. The van der Waals surface area contributed by atoms with E-state index in [2.05, 4.69) is 65.3 Å². The van der Waals surface area contributed by atoms with Crippen LogP contribution in [0.3, 0.4) is 0 Å². The molecule has 1 aromatic carbocycles. The number of likely N-dealkylation sites (tertiary alicyclic amines) is 1. The Morgan fingerprint density at radius 1 is 1.06 bits per heavy atom. The third-order valence-corrected chi connectivity index (χ3v) is 7.40. The van der Waals surface area contributed by atoms with Gasteiger partial charge in [-0.05, 0) is 39.4 Å². The average Bonchev–Trinajstić information content (AvgIpc) is 3.13. The normalized spacial score (nSPS) is 28.3. The van der Waals surface area contributed by atoms with E-state index in [1.807, 2.05) is 4.90 Å². The van der Waals surface area contributed by atoms with Crippen LogP contribution in [0.4, 0.5) is 0 Å². The molecule has 3 atom stereocenters. The Labute approximate surface area is 186 Å². The first-order valence-electron chi connectivity index (χ1n) is 11.7. The zero-order valence-electron chi connectivity index (χ0n) is 19.2. The number of amides is 2. The highest BCUT2D eigenvalue weighted by Crippen LogP contribution is 2.28. The first-order valence-corrected chi connectivity index (χ1v) is 11.7. The Morgan fingerprint density at radius 2 is 1.77 bits per heavy atom. The van der Waals surface area contributed by atoms with Gasteiger partial charge in [-0.3, -0.25) is 19.4 Å². The van der Waals surface area contributed by atoms with Crippen LogP contribution in [-0.2, 0) is 16.1 Å². The van der Waals surface area contributed by atoms with Crippen LogP contribution >= 0.6 is 0 Å². The SMILES string of the molecule is Cc1ccc(CN2CC[C@H]3[C@H]2C(=O)NC[C@H](CCC(=O)N2CCN(C)CC2)N3C)cc1. The number of hydrogen-bond acceptors (Lipinski definition) is 5. The molecule has 4 rings (SSSR count). The summed E-state index contributed by atoms with van der Waals surface area (Å²) in [4.78, 5) is 34.7. The van der Waals surface area contributed by atoms with Crippen molar-refractivity contribution in [2.24, 2.45) is 0 Å². The van der Waals surface area contributed by atoms with Crippen molar-refractivity contribution in [3.8, 4) is 0 Å². The summed E-state index contributed by atoms with van der Waals surface area (Å²) in [6.45, 7) is 7.99. The van der Waals surface area contributed by atoms with Gasteiger partial charge in [-0.1, -0.05) is 29.8 Å². The summed E-state index contributed by atoms with van der Waals surface area (Å²) >= 11 is 0. The number of piperazine rings is 1. The zero-order valence-corrected chi connectivity index (χ0v) is 19.2. The molecule has 0 spiro atoms. The summed E-state index contributed by atoms with van der Waals surface area (Å²) in [5, 5.41) is 3.18. The van der Waals surface area contributed by atoms with Gasteiger partial charge >= 0.3 is 0 Å². The summed E-state index contributed by atoms with van der Waals surface area (Å²) in [6.07, 6.45) is 2.34. The van der Waals surface area contributed by atoms with Crippen molar-refractivity contribution in [1.29, 1.82) is 0 Å². The number of likely N-dealkylation sites (N-methyl/N-ethyl adjacent to an activating group) is 2. The molecule has 3 aliphatic heterocycles. The van der Waals surface area contributed by atoms with Gasteiger partial charge in [-0.15, -0.1) is 0 Å². The molecule has 3 heterocycles. The number of benzene rings is 1. The maximum Gasteiger partial charge on any atom is 0.239 e. The largest absolute Gasteiger partial charge is 0.353 e. The van der Waals surface area contributed by atoms with E-state index >= 15 is 0 Å². The van der Waals surface area contributed by atoms with E-state index in [1.165, 1.54) is 11.1 Å². The van der Waals surface area contributed by atoms with E-state index in [0.29, 0.717) is 13.0 Å².